The zero-order chi connectivity index (χ0) is 20.4. The van der Waals surface area contributed by atoms with Crippen molar-refractivity contribution in [3.8, 4) is 23.2 Å². The summed E-state index contributed by atoms with van der Waals surface area (Å²) in [5.41, 5.74) is 3.73. The van der Waals surface area contributed by atoms with Gasteiger partial charge in [0.05, 0.1) is 11.9 Å². The molecule has 2 bridgehead atoms. The molecule has 3 aromatic rings. The van der Waals surface area contributed by atoms with Crippen LogP contribution < -0.4 is 0 Å². The van der Waals surface area contributed by atoms with Gasteiger partial charge in [0, 0.05) is 36.6 Å². The third kappa shape index (κ3) is 3.85. The average Bonchev–Trinajstić information content (AvgIpc) is 2.80. The van der Waals surface area contributed by atoms with E-state index in [1.165, 1.54) is 5.56 Å². The van der Waals surface area contributed by atoms with Gasteiger partial charge < -0.3 is 5.11 Å². The number of fused-ring (bicyclic) bond motifs is 3. The van der Waals surface area contributed by atoms with Crippen molar-refractivity contribution in [1.82, 2.24) is 19.9 Å². The summed E-state index contributed by atoms with van der Waals surface area (Å²) in [6.07, 6.45) is 9.63. The zero-order valence-corrected chi connectivity index (χ0v) is 16.8. The first-order valence-electron chi connectivity index (χ1n) is 10.5. The Morgan fingerprint density at radius 1 is 1.03 bits per heavy atom. The van der Waals surface area contributed by atoms with Crippen molar-refractivity contribution < 1.29 is 5.11 Å². The van der Waals surface area contributed by atoms with E-state index in [1.54, 1.807) is 24.8 Å². The minimum atomic E-state index is -0.926. The van der Waals surface area contributed by atoms with Crippen LogP contribution in [0.25, 0.3) is 11.4 Å². The molecule has 1 aromatic carbocycles. The van der Waals surface area contributed by atoms with Crippen molar-refractivity contribution in [1.29, 1.82) is 0 Å². The first kappa shape index (κ1) is 18.9. The Morgan fingerprint density at radius 2 is 1.87 bits per heavy atom. The fourth-order valence-corrected chi connectivity index (χ4v) is 4.50. The zero-order valence-electron chi connectivity index (χ0n) is 16.8. The Morgan fingerprint density at radius 3 is 2.57 bits per heavy atom. The maximum absolute atomic E-state index is 11.2. The lowest BCUT2D eigenvalue weighted by molar-refractivity contribution is -0.0713. The standard InChI is InChI=1S/C25H24N4O/c30-25(18-29-12-7-22(25)8-13-29)9-6-20-16-28-23(24-17-26-10-11-27-24)15-21(20)14-19-4-2-1-3-5-19/h1-5,10-11,15-17,22,30H,7-8,12-14,18H2. The van der Waals surface area contributed by atoms with Crippen molar-refractivity contribution in [2.75, 3.05) is 19.6 Å². The minimum absolute atomic E-state index is 0.263. The van der Waals surface area contributed by atoms with E-state index in [-0.39, 0.29) is 5.92 Å². The molecule has 0 radical (unpaired) electrons. The van der Waals surface area contributed by atoms with Gasteiger partial charge in [-0.2, -0.15) is 0 Å². The van der Waals surface area contributed by atoms with Gasteiger partial charge in [-0.05, 0) is 49.5 Å². The van der Waals surface area contributed by atoms with Gasteiger partial charge in [0.15, 0.2) is 0 Å². The molecule has 0 aliphatic carbocycles. The Bertz CT molecular complexity index is 1080. The highest BCUT2D eigenvalue weighted by Gasteiger charge is 2.44. The molecule has 0 saturated carbocycles. The Labute approximate surface area is 176 Å². The molecule has 3 aliphatic heterocycles. The third-order valence-electron chi connectivity index (χ3n) is 6.19. The lowest BCUT2D eigenvalue weighted by Gasteiger charge is -2.47. The van der Waals surface area contributed by atoms with Crippen molar-refractivity contribution in [2.45, 2.75) is 24.9 Å². The number of rotatable bonds is 3. The first-order valence-corrected chi connectivity index (χ1v) is 10.5. The van der Waals surface area contributed by atoms with Gasteiger partial charge in [-0.25, -0.2) is 0 Å². The molecule has 5 heteroatoms. The molecule has 3 aliphatic rings. The number of nitrogens with zero attached hydrogens (tertiary/aromatic N) is 4. The van der Waals surface area contributed by atoms with E-state index in [2.05, 4.69) is 43.8 Å². The van der Waals surface area contributed by atoms with Gasteiger partial charge in [-0.3, -0.25) is 19.9 Å². The molecule has 1 N–H and O–H groups in total. The van der Waals surface area contributed by atoms with Crippen LogP contribution in [0.4, 0.5) is 0 Å². The van der Waals surface area contributed by atoms with Crippen LogP contribution in [0, 0.1) is 17.8 Å². The molecule has 5 heterocycles. The number of aromatic nitrogens is 3. The topological polar surface area (TPSA) is 62.1 Å². The lowest BCUT2D eigenvalue weighted by atomic mass is 9.75. The molecule has 3 fully saturated rings. The highest BCUT2D eigenvalue weighted by Crippen LogP contribution is 2.35. The number of pyridine rings is 1. The predicted molar refractivity (Wildman–Crippen MR) is 116 cm³/mol. The van der Waals surface area contributed by atoms with Crippen molar-refractivity contribution in [3.63, 3.8) is 0 Å². The van der Waals surface area contributed by atoms with E-state index in [1.807, 2.05) is 24.3 Å². The summed E-state index contributed by atoms with van der Waals surface area (Å²) in [4.78, 5) is 15.4. The molecule has 30 heavy (non-hydrogen) atoms. The lowest BCUT2D eigenvalue weighted by Crippen LogP contribution is -2.58. The predicted octanol–water partition coefficient (Wildman–Crippen LogP) is 2.94. The van der Waals surface area contributed by atoms with E-state index in [9.17, 15) is 5.11 Å². The van der Waals surface area contributed by atoms with Gasteiger partial charge in [0.1, 0.15) is 11.3 Å². The molecule has 5 nitrogen and oxygen atoms in total. The van der Waals surface area contributed by atoms with Crippen molar-refractivity contribution >= 4 is 0 Å². The van der Waals surface area contributed by atoms with Crippen molar-refractivity contribution in [2.24, 2.45) is 5.92 Å². The van der Waals surface area contributed by atoms with E-state index in [4.69, 9.17) is 0 Å². The van der Waals surface area contributed by atoms with Gasteiger partial charge in [0.25, 0.3) is 0 Å². The van der Waals surface area contributed by atoms with E-state index in [0.29, 0.717) is 6.54 Å². The maximum atomic E-state index is 11.2. The Kier molecular flexibility index (Phi) is 5.04. The number of benzene rings is 1. The van der Waals surface area contributed by atoms with Gasteiger partial charge in [-0.15, -0.1) is 0 Å². The summed E-state index contributed by atoms with van der Waals surface area (Å²) in [5.74, 6) is 6.77. The quantitative estimate of drug-likeness (QED) is 0.690. The summed E-state index contributed by atoms with van der Waals surface area (Å²) >= 11 is 0. The number of hydrogen-bond acceptors (Lipinski definition) is 5. The van der Waals surface area contributed by atoms with Crippen LogP contribution in [0.2, 0.25) is 0 Å². The smallest absolute Gasteiger partial charge is 0.141 e. The highest BCUT2D eigenvalue weighted by atomic mass is 16.3. The molecular weight excluding hydrogens is 372 g/mol. The highest BCUT2D eigenvalue weighted by molar-refractivity contribution is 5.57. The van der Waals surface area contributed by atoms with Crippen LogP contribution in [-0.4, -0.2) is 50.2 Å². The molecule has 2 aromatic heterocycles. The van der Waals surface area contributed by atoms with E-state index < -0.39 is 5.60 Å². The van der Waals surface area contributed by atoms with E-state index >= 15 is 0 Å². The van der Waals surface area contributed by atoms with Gasteiger partial charge in [-0.1, -0.05) is 42.2 Å². The summed E-state index contributed by atoms with van der Waals surface area (Å²) in [5, 5.41) is 11.2. The van der Waals surface area contributed by atoms with Gasteiger partial charge in [0.2, 0.25) is 0 Å². The Balaban J connectivity index is 1.51. The molecule has 1 atom stereocenters. The second-order valence-electron chi connectivity index (χ2n) is 8.20. The second kappa shape index (κ2) is 7.98. The minimum Gasteiger partial charge on any atom is -0.376 e. The summed E-state index contributed by atoms with van der Waals surface area (Å²) in [6.45, 7) is 2.79. The Hall–Kier alpha value is -3.07. The third-order valence-corrected chi connectivity index (χ3v) is 6.19. The van der Waals surface area contributed by atoms with Crippen LogP contribution >= 0.6 is 0 Å². The molecular formula is C25H24N4O. The maximum Gasteiger partial charge on any atom is 0.141 e. The number of piperidine rings is 3. The number of hydrogen-bond donors (Lipinski definition) is 1. The fraction of sp³-hybridized carbons (Fsp3) is 0.320. The molecule has 0 spiro atoms. The second-order valence-corrected chi connectivity index (χ2v) is 8.20. The largest absolute Gasteiger partial charge is 0.376 e. The van der Waals surface area contributed by atoms with Crippen LogP contribution in [0.5, 0.6) is 0 Å². The van der Waals surface area contributed by atoms with E-state index in [0.717, 1.165) is 54.9 Å². The average molecular weight is 396 g/mol. The summed E-state index contributed by atoms with van der Waals surface area (Å²) in [7, 11) is 0. The molecule has 3 saturated heterocycles. The molecule has 6 rings (SSSR count). The summed E-state index contributed by atoms with van der Waals surface area (Å²) in [6, 6.07) is 12.4. The van der Waals surface area contributed by atoms with Crippen LogP contribution in [-0.2, 0) is 6.42 Å². The van der Waals surface area contributed by atoms with Crippen LogP contribution in [0.15, 0.2) is 61.2 Å². The molecule has 1 unspecified atom stereocenters. The fourth-order valence-electron chi connectivity index (χ4n) is 4.50. The molecule has 0 amide bonds. The monoisotopic (exact) mass is 396 g/mol. The molecule has 150 valence electrons. The number of aliphatic hydroxyl groups is 1. The van der Waals surface area contributed by atoms with Gasteiger partial charge >= 0.3 is 0 Å². The summed E-state index contributed by atoms with van der Waals surface area (Å²) < 4.78 is 0. The SMILES string of the molecule is OC1(C#Cc2cnc(-c3cnccn3)cc2Cc2ccccc2)CN2CCC1CC2. The first-order chi connectivity index (χ1) is 14.7. The van der Waals surface area contributed by atoms with Crippen LogP contribution in [0.3, 0.4) is 0 Å². The normalized spacial score (nSPS) is 24.8. The van der Waals surface area contributed by atoms with Crippen LogP contribution in [0.1, 0.15) is 29.5 Å². The van der Waals surface area contributed by atoms with Crippen molar-refractivity contribution in [3.05, 3.63) is 77.9 Å².